The van der Waals surface area contributed by atoms with E-state index in [2.05, 4.69) is 4.72 Å². The molecule has 1 N–H and O–H groups in total. The van der Waals surface area contributed by atoms with Crippen LogP contribution in [0, 0.1) is 12.8 Å². The van der Waals surface area contributed by atoms with Gasteiger partial charge >= 0.3 is 5.97 Å². The van der Waals surface area contributed by atoms with Gasteiger partial charge in [-0.2, -0.15) is 0 Å². The van der Waals surface area contributed by atoms with Crippen LogP contribution in [0.25, 0.3) is 0 Å². The molecule has 0 spiro atoms. The van der Waals surface area contributed by atoms with E-state index >= 15 is 0 Å². The van der Waals surface area contributed by atoms with Crippen LogP contribution < -0.4 is 4.72 Å². The van der Waals surface area contributed by atoms with Gasteiger partial charge in [-0.05, 0) is 51.2 Å². The Balaban J connectivity index is 1.66. The molecule has 0 bridgehead atoms. The van der Waals surface area contributed by atoms with Crippen molar-refractivity contribution in [3.8, 4) is 0 Å². The van der Waals surface area contributed by atoms with E-state index < -0.39 is 10.0 Å². The van der Waals surface area contributed by atoms with Gasteiger partial charge in [0, 0.05) is 0 Å². The van der Waals surface area contributed by atoms with E-state index in [1.165, 1.54) is 6.42 Å². The van der Waals surface area contributed by atoms with Crippen molar-refractivity contribution in [2.45, 2.75) is 81.8 Å². The standard InChI is InChI=1S/C20H29NO4S/c1-15-11-13-17(14-12-15)26(23,24)21-18-9-5-6-10-19(18)25-20(22)16-7-3-2-4-8-16/h11-14,16,18-19,21H,2-10H2,1H3/t18-,19-/m0/s1. The first-order valence-corrected chi connectivity index (χ1v) is 11.2. The van der Waals surface area contributed by atoms with Crippen LogP contribution in [0.1, 0.15) is 63.4 Å². The normalized spacial score (nSPS) is 25.0. The molecule has 2 fully saturated rings. The second kappa shape index (κ2) is 8.53. The molecule has 0 unspecified atom stereocenters. The van der Waals surface area contributed by atoms with Crippen molar-refractivity contribution in [2.75, 3.05) is 0 Å². The molecule has 2 atom stereocenters. The van der Waals surface area contributed by atoms with Crippen LogP contribution in [0.15, 0.2) is 29.2 Å². The molecule has 0 aromatic heterocycles. The van der Waals surface area contributed by atoms with E-state index in [-0.39, 0.29) is 28.9 Å². The first-order valence-electron chi connectivity index (χ1n) is 9.75. The van der Waals surface area contributed by atoms with Crippen molar-refractivity contribution >= 4 is 16.0 Å². The molecule has 26 heavy (non-hydrogen) atoms. The predicted octanol–water partition coefficient (Wildman–Crippen LogP) is 3.71. The molecule has 3 rings (SSSR count). The van der Waals surface area contributed by atoms with Gasteiger partial charge in [0.25, 0.3) is 0 Å². The molecular weight excluding hydrogens is 350 g/mol. The van der Waals surface area contributed by atoms with E-state index in [0.717, 1.165) is 50.5 Å². The number of benzene rings is 1. The second-order valence-electron chi connectivity index (χ2n) is 7.64. The SMILES string of the molecule is Cc1ccc(S(=O)(=O)N[C@H]2CCCC[C@@H]2OC(=O)C2CCCCC2)cc1. The lowest BCUT2D eigenvalue weighted by Gasteiger charge is -2.33. The molecule has 0 heterocycles. The Morgan fingerprint density at radius 3 is 2.27 bits per heavy atom. The number of nitrogens with one attached hydrogen (secondary N) is 1. The summed E-state index contributed by atoms with van der Waals surface area (Å²) in [5, 5.41) is 0. The maximum Gasteiger partial charge on any atom is 0.309 e. The number of hydrogen-bond acceptors (Lipinski definition) is 4. The molecule has 2 saturated carbocycles. The Morgan fingerprint density at radius 1 is 0.962 bits per heavy atom. The monoisotopic (exact) mass is 379 g/mol. The Bertz CT molecular complexity index is 708. The largest absolute Gasteiger partial charge is 0.460 e. The zero-order valence-corrected chi connectivity index (χ0v) is 16.3. The van der Waals surface area contributed by atoms with Gasteiger partial charge in [0.15, 0.2) is 0 Å². The lowest BCUT2D eigenvalue weighted by molar-refractivity contribution is -0.157. The number of ether oxygens (including phenoxy) is 1. The van der Waals surface area contributed by atoms with Crippen molar-refractivity contribution in [2.24, 2.45) is 5.92 Å². The van der Waals surface area contributed by atoms with Crippen molar-refractivity contribution in [1.82, 2.24) is 4.72 Å². The third kappa shape index (κ3) is 4.86. The van der Waals surface area contributed by atoms with Crippen LogP contribution in [0.3, 0.4) is 0 Å². The molecule has 1 aromatic carbocycles. The number of aryl methyl sites for hydroxylation is 1. The van der Waals surface area contributed by atoms with Gasteiger partial charge in [0.1, 0.15) is 6.10 Å². The van der Waals surface area contributed by atoms with Crippen LogP contribution in [-0.4, -0.2) is 26.5 Å². The Labute approximate surface area is 156 Å². The summed E-state index contributed by atoms with van der Waals surface area (Å²) in [6.07, 6.45) is 8.10. The van der Waals surface area contributed by atoms with E-state index in [4.69, 9.17) is 4.74 Å². The maximum absolute atomic E-state index is 12.7. The Kier molecular flexibility index (Phi) is 6.35. The van der Waals surface area contributed by atoms with Crippen LogP contribution in [0.5, 0.6) is 0 Å². The second-order valence-corrected chi connectivity index (χ2v) is 9.35. The van der Waals surface area contributed by atoms with Crippen molar-refractivity contribution in [1.29, 1.82) is 0 Å². The summed E-state index contributed by atoms with van der Waals surface area (Å²) in [4.78, 5) is 12.7. The fraction of sp³-hybridized carbons (Fsp3) is 0.650. The first-order chi connectivity index (χ1) is 12.5. The van der Waals surface area contributed by atoms with Crippen LogP contribution in [0.2, 0.25) is 0 Å². The minimum absolute atomic E-state index is 0.0139. The highest BCUT2D eigenvalue weighted by molar-refractivity contribution is 7.89. The number of esters is 1. The molecule has 5 nitrogen and oxygen atoms in total. The number of sulfonamides is 1. The lowest BCUT2D eigenvalue weighted by Crippen LogP contribution is -2.47. The summed E-state index contributed by atoms with van der Waals surface area (Å²) in [7, 11) is -3.61. The Morgan fingerprint density at radius 2 is 1.58 bits per heavy atom. The summed E-state index contributed by atoms with van der Waals surface area (Å²) in [5.41, 5.74) is 1.01. The third-order valence-corrected chi connectivity index (χ3v) is 7.05. The molecule has 2 aliphatic rings. The van der Waals surface area contributed by atoms with Gasteiger partial charge in [0.05, 0.1) is 16.9 Å². The van der Waals surface area contributed by atoms with Gasteiger partial charge < -0.3 is 4.74 Å². The number of carbonyl (C=O) groups excluding carboxylic acids is 1. The molecule has 0 saturated heterocycles. The van der Waals surface area contributed by atoms with E-state index in [1.807, 2.05) is 6.92 Å². The third-order valence-electron chi connectivity index (χ3n) is 5.55. The molecular formula is C20H29NO4S. The van der Waals surface area contributed by atoms with Gasteiger partial charge in [-0.1, -0.05) is 43.4 Å². The van der Waals surface area contributed by atoms with Crippen molar-refractivity contribution < 1.29 is 17.9 Å². The van der Waals surface area contributed by atoms with Crippen LogP contribution in [0.4, 0.5) is 0 Å². The Hall–Kier alpha value is -1.40. The zero-order chi connectivity index (χ0) is 18.6. The van der Waals surface area contributed by atoms with E-state index in [9.17, 15) is 13.2 Å². The topological polar surface area (TPSA) is 72.5 Å². The smallest absolute Gasteiger partial charge is 0.309 e. The summed E-state index contributed by atoms with van der Waals surface area (Å²) in [5.74, 6) is -0.156. The van der Waals surface area contributed by atoms with Gasteiger partial charge in [-0.25, -0.2) is 13.1 Å². The maximum atomic E-state index is 12.7. The molecule has 1 aromatic rings. The minimum atomic E-state index is -3.61. The van der Waals surface area contributed by atoms with Crippen LogP contribution >= 0.6 is 0 Å². The molecule has 144 valence electrons. The number of hydrogen-bond donors (Lipinski definition) is 1. The number of rotatable bonds is 5. The highest BCUT2D eigenvalue weighted by Gasteiger charge is 2.34. The highest BCUT2D eigenvalue weighted by Crippen LogP contribution is 2.28. The zero-order valence-electron chi connectivity index (χ0n) is 15.4. The fourth-order valence-electron chi connectivity index (χ4n) is 3.94. The average Bonchev–Trinajstić information content (AvgIpc) is 2.64. The van der Waals surface area contributed by atoms with Gasteiger partial charge in [0.2, 0.25) is 10.0 Å². The van der Waals surface area contributed by atoms with Crippen molar-refractivity contribution in [3.05, 3.63) is 29.8 Å². The average molecular weight is 380 g/mol. The van der Waals surface area contributed by atoms with E-state index in [1.54, 1.807) is 24.3 Å². The molecule has 0 aliphatic heterocycles. The van der Waals surface area contributed by atoms with Crippen LogP contribution in [-0.2, 0) is 19.6 Å². The van der Waals surface area contributed by atoms with Crippen molar-refractivity contribution in [3.63, 3.8) is 0 Å². The summed E-state index contributed by atoms with van der Waals surface area (Å²) >= 11 is 0. The summed E-state index contributed by atoms with van der Waals surface area (Å²) in [6.45, 7) is 1.92. The molecule has 0 radical (unpaired) electrons. The van der Waals surface area contributed by atoms with Gasteiger partial charge in [-0.15, -0.1) is 0 Å². The molecule has 0 amide bonds. The molecule has 2 aliphatic carbocycles. The van der Waals surface area contributed by atoms with E-state index in [0.29, 0.717) is 6.42 Å². The highest BCUT2D eigenvalue weighted by atomic mass is 32.2. The lowest BCUT2D eigenvalue weighted by atomic mass is 9.89. The predicted molar refractivity (Wildman–Crippen MR) is 100 cm³/mol. The number of carbonyl (C=O) groups is 1. The summed E-state index contributed by atoms with van der Waals surface area (Å²) in [6, 6.07) is 6.46. The quantitative estimate of drug-likeness (QED) is 0.792. The first kappa shape index (κ1) is 19.4. The van der Waals surface area contributed by atoms with Gasteiger partial charge in [-0.3, -0.25) is 4.79 Å². The fourth-order valence-corrected chi connectivity index (χ4v) is 5.24. The minimum Gasteiger partial charge on any atom is -0.460 e. The molecule has 6 heteroatoms. The summed E-state index contributed by atoms with van der Waals surface area (Å²) < 4.78 is 33.9.